The van der Waals surface area contributed by atoms with Crippen LogP contribution in [-0.2, 0) is 23.8 Å². The summed E-state index contributed by atoms with van der Waals surface area (Å²) < 4.78 is 15.7. The SMILES string of the molecule is CCC=CC=C[C@]1(C)OC(OC)=C(C(=O)C[C@H](C)OC)C1=O. The fraction of sp³-hybridized carbons (Fsp3) is 0.529. The summed E-state index contributed by atoms with van der Waals surface area (Å²) in [6.07, 6.45) is 7.87. The van der Waals surface area contributed by atoms with Crippen molar-refractivity contribution in [1.29, 1.82) is 0 Å². The highest BCUT2D eigenvalue weighted by molar-refractivity contribution is 6.25. The van der Waals surface area contributed by atoms with E-state index in [0.29, 0.717) is 0 Å². The lowest BCUT2D eigenvalue weighted by atomic mass is 9.93. The molecule has 0 aromatic heterocycles. The summed E-state index contributed by atoms with van der Waals surface area (Å²) in [5, 5.41) is 0. The van der Waals surface area contributed by atoms with Gasteiger partial charge < -0.3 is 14.2 Å². The molecule has 0 spiro atoms. The first kappa shape index (κ1) is 18.2. The number of carbonyl (C=O) groups excluding carboxylic acids is 2. The molecule has 0 bridgehead atoms. The number of carbonyl (C=O) groups is 2. The number of ether oxygens (including phenoxy) is 3. The Labute approximate surface area is 131 Å². The molecule has 0 aromatic carbocycles. The van der Waals surface area contributed by atoms with Gasteiger partial charge in [-0.05, 0) is 26.3 Å². The van der Waals surface area contributed by atoms with Crippen LogP contribution in [0.3, 0.4) is 0 Å². The van der Waals surface area contributed by atoms with Crippen LogP contribution in [0.1, 0.15) is 33.6 Å². The van der Waals surface area contributed by atoms with Gasteiger partial charge in [-0.2, -0.15) is 0 Å². The third-order valence-electron chi connectivity index (χ3n) is 3.42. The highest BCUT2D eigenvalue weighted by atomic mass is 16.7. The van der Waals surface area contributed by atoms with E-state index in [0.717, 1.165) is 6.42 Å². The third kappa shape index (κ3) is 4.07. The van der Waals surface area contributed by atoms with Crippen LogP contribution in [0.4, 0.5) is 0 Å². The van der Waals surface area contributed by atoms with E-state index >= 15 is 0 Å². The molecule has 122 valence electrons. The molecule has 1 rings (SSSR count). The van der Waals surface area contributed by atoms with Crippen LogP contribution in [0.15, 0.2) is 35.8 Å². The summed E-state index contributed by atoms with van der Waals surface area (Å²) in [5.74, 6) is -0.749. The average Bonchev–Trinajstić information content (AvgIpc) is 2.75. The van der Waals surface area contributed by atoms with Crippen molar-refractivity contribution >= 4 is 11.6 Å². The normalized spacial score (nSPS) is 23.4. The molecule has 22 heavy (non-hydrogen) atoms. The molecule has 0 saturated carbocycles. The van der Waals surface area contributed by atoms with Gasteiger partial charge in [-0.1, -0.05) is 25.2 Å². The van der Waals surface area contributed by atoms with Gasteiger partial charge in [0.15, 0.2) is 11.4 Å². The molecule has 0 radical (unpaired) electrons. The standard InChI is InChI=1S/C17H24O5/c1-6-7-8-9-10-17(3)15(19)14(16(21-5)22-17)13(18)11-12(2)20-4/h7-10,12H,6,11H2,1-5H3/t12-,17-/m0/s1. The van der Waals surface area contributed by atoms with Gasteiger partial charge in [0.25, 0.3) is 5.95 Å². The lowest BCUT2D eigenvalue weighted by Gasteiger charge is -2.18. The maximum Gasteiger partial charge on any atom is 0.295 e. The van der Waals surface area contributed by atoms with Crippen molar-refractivity contribution in [2.75, 3.05) is 14.2 Å². The van der Waals surface area contributed by atoms with Crippen molar-refractivity contribution < 1.29 is 23.8 Å². The highest BCUT2D eigenvalue weighted by Gasteiger charge is 2.47. The van der Waals surface area contributed by atoms with Crippen LogP contribution in [0, 0.1) is 0 Å². The van der Waals surface area contributed by atoms with E-state index in [2.05, 4.69) is 0 Å². The molecular formula is C17H24O5. The minimum Gasteiger partial charge on any atom is -0.468 e. The fourth-order valence-electron chi connectivity index (χ4n) is 2.03. The maximum absolute atomic E-state index is 12.6. The first-order chi connectivity index (χ1) is 10.4. The summed E-state index contributed by atoms with van der Waals surface area (Å²) in [7, 11) is 2.89. The molecule has 5 heteroatoms. The van der Waals surface area contributed by atoms with Crippen molar-refractivity contribution in [2.24, 2.45) is 0 Å². The largest absolute Gasteiger partial charge is 0.468 e. The molecule has 0 amide bonds. The quantitative estimate of drug-likeness (QED) is 0.509. The van der Waals surface area contributed by atoms with Gasteiger partial charge >= 0.3 is 0 Å². The van der Waals surface area contributed by atoms with Gasteiger partial charge in [0.1, 0.15) is 5.57 Å². The number of ketones is 2. The van der Waals surface area contributed by atoms with Crippen molar-refractivity contribution in [3.05, 3.63) is 35.8 Å². The summed E-state index contributed by atoms with van der Waals surface area (Å²) >= 11 is 0. The molecule has 0 aliphatic carbocycles. The second kappa shape index (κ2) is 7.94. The fourth-order valence-corrected chi connectivity index (χ4v) is 2.03. The van der Waals surface area contributed by atoms with Gasteiger partial charge in [-0.3, -0.25) is 9.59 Å². The zero-order valence-corrected chi connectivity index (χ0v) is 13.8. The molecule has 0 aromatic rings. The van der Waals surface area contributed by atoms with Crippen LogP contribution < -0.4 is 0 Å². The van der Waals surface area contributed by atoms with Crippen molar-refractivity contribution in [2.45, 2.75) is 45.3 Å². The molecule has 5 nitrogen and oxygen atoms in total. The summed E-state index contributed by atoms with van der Waals surface area (Å²) in [6, 6.07) is 0. The monoisotopic (exact) mass is 308 g/mol. The molecule has 1 heterocycles. The van der Waals surface area contributed by atoms with E-state index in [1.807, 2.05) is 19.1 Å². The number of methoxy groups -OCH3 is 2. The Hall–Kier alpha value is -1.88. The summed E-state index contributed by atoms with van der Waals surface area (Å²) in [5.41, 5.74) is -1.25. The predicted molar refractivity (Wildman–Crippen MR) is 83.2 cm³/mol. The van der Waals surface area contributed by atoms with Crippen molar-refractivity contribution in [3.8, 4) is 0 Å². The first-order valence-corrected chi connectivity index (χ1v) is 7.32. The van der Waals surface area contributed by atoms with Gasteiger partial charge in [0, 0.05) is 13.5 Å². The molecule has 1 aliphatic heterocycles. The summed E-state index contributed by atoms with van der Waals surface area (Å²) in [6.45, 7) is 5.39. The lowest BCUT2D eigenvalue weighted by molar-refractivity contribution is -0.128. The third-order valence-corrected chi connectivity index (χ3v) is 3.42. The Morgan fingerprint density at radius 1 is 1.36 bits per heavy atom. The minimum atomic E-state index is -1.22. The van der Waals surface area contributed by atoms with Crippen molar-refractivity contribution in [3.63, 3.8) is 0 Å². The topological polar surface area (TPSA) is 61.8 Å². The smallest absolute Gasteiger partial charge is 0.295 e. The Kier molecular flexibility index (Phi) is 6.56. The number of hydrogen-bond acceptors (Lipinski definition) is 5. The summed E-state index contributed by atoms with van der Waals surface area (Å²) in [4.78, 5) is 24.9. The Morgan fingerprint density at radius 3 is 2.59 bits per heavy atom. The second-order valence-electron chi connectivity index (χ2n) is 5.27. The molecule has 1 aliphatic rings. The number of rotatable bonds is 8. The lowest BCUT2D eigenvalue weighted by Crippen LogP contribution is -2.33. The number of allylic oxidation sites excluding steroid dienone is 3. The van der Waals surface area contributed by atoms with E-state index in [4.69, 9.17) is 14.2 Å². The Balaban J connectivity index is 2.98. The molecule has 0 saturated heterocycles. The Bertz CT molecular complexity index is 515. The van der Waals surface area contributed by atoms with Crippen molar-refractivity contribution in [1.82, 2.24) is 0 Å². The molecule has 0 unspecified atom stereocenters. The van der Waals surface area contributed by atoms with Gasteiger partial charge in [0.2, 0.25) is 5.78 Å². The van der Waals surface area contributed by atoms with Crippen LogP contribution in [0.2, 0.25) is 0 Å². The maximum atomic E-state index is 12.6. The molecular weight excluding hydrogens is 284 g/mol. The van der Waals surface area contributed by atoms with E-state index < -0.39 is 5.60 Å². The van der Waals surface area contributed by atoms with E-state index in [-0.39, 0.29) is 35.6 Å². The van der Waals surface area contributed by atoms with E-state index in [1.54, 1.807) is 26.0 Å². The Morgan fingerprint density at radius 2 is 2.05 bits per heavy atom. The average molecular weight is 308 g/mol. The molecule has 0 N–H and O–H groups in total. The van der Waals surface area contributed by atoms with Crippen LogP contribution in [0.5, 0.6) is 0 Å². The molecule has 0 fully saturated rings. The zero-order chi connectivity index (χ0) is 16.8. The van der Waals surface area contributed by atoms with E-state index in [9.17, 15) is 9.59 Å². The van der Waals surface area contributed by atoms with Crippen LogP contribution in [-0.4, -0.2) is 37.5 Å². The minimum absolute atomic E-state index is 0.0232. The predicted octanol–water partition coefficient (Wildman–Crippen LogP) is 2.72. The van der Waals surface area contributed by atoms with E-state index in [1.165, 1.54) is 14.2 Å². The zero-order valence-electron chi connectivity index (χ0n) is 13.8. The highest BCUT2D eigenvalue weighted by Crippen LogP contribution is 2.33. The van der Waals surface area contributed by atoms with Crippen LogP contribution >= 0.6 is 0 Å². The molecule has 2 atom stereocenters. The van der Waals surface area contributed by atoms with Gasteiger partial charge in [-0.25, -0.2) is 0 Å². The first-order valence-electron chi connectivity index (χ1n) is 7.32. The second-order valence-corrected chi connectivity index (χ2v) is 5.27. The number of Topliss-reactive ketones (excluding diaryl/α,β-unsaturated/α-hetero) is 2. The van der Waals surface area contributed by atoms with Gasteiger partial charge in [0.05, 0.1) is 13.2 Å². The van der Waals surface area contributed by atoms with Gasteiger partial charge in [-0.15, -0.1) is 0 Å². The number of hydrogen-bond donors (Lipinski definition) is 0. The van der Waals surface area contributed by atoms with Crippen LogP contribution in [0.25, 0.3) is 0 Å².